The van der Waals surface area contributed by atoms with Crippen LogP contribution in [0.25, 0.3) is 0 Å². The highest BCUT2D eigenvalue weighted by Gasteiger charge is 2.07. The van der Waals surface area contributed by atoms with Crippen LogP contribution in [0.2, 0.25) is 5.15 Å². The number of nitrogens with zero attached hydrogens (tertiary/aromatic N) is 2. The first-order chi connectivity index (χ1) is 11.9. The second-order valence-corrected chi connectivity index (χ2v) is 6.64. The van der Waals surface area contributed by atoms with Crippen molar-refractivity contribution in [1.82, 2.24) is 9.97 Å². The molecule has 0 atom stereocenters. The summed E-state index contributed by atoms with van der Waals surface area (Å²) < 4.78 is 0. The van der Waals surface area contributed by atoms with Crippen LogP contribution in [-0.2, 0) is 11.2 Å². The Bertz CT molecular complexity index is 705. The smallest absolute Gasteiger partial charge is 0.303 e. The molecule has 3 N–H and O–H groups in total. The Morgan fingerprint density at radius 1 is 1.24 bits per heavy atom. The van der Waals surface area contributed by atoms with Crippen molar-refractivity contribution in [3.8, 4) is 0 Å². The van der Waals surface area contributed by atoms with E-state index in [0.717, 1.165) is 23.5 Å². The van der Waals surface area contributed by atoms with E-state index in [2.05, 4.69) is 34.4 Å². The van der Waals surface area contributed by atoms with Crippen molar-refractivity contribution in [2.45, 2.75) is 33.1 Å². The number of benzene rings is 1. The van der Waals surface area contributed by atoms with E-state index in [9.17, 15) is 4.79 Å². The topological polar surface area (TPSA) is 87.1 Å². The van der Waals surface area contributed by atoms with Gasteiger partial charge in [-0.25, -0.2) is 9.97 Å². The number of aromatic nitrogens is 2. The molecule has 2 rings (SSSR count). The molecule has 25 heavy (non-hydrogen) atoms. The number of anilines is 3. The highest BCUT2D eigenvalue weighted by Crippen LogP contribution is 2.27. The number of halogens is 1. The molecule has 0 aliphatic carbocycles. The minimum Gasteiger partial charge on any atom is -0.481 e. The molecule has 0 fully saturated rings. The third kappa shape index (κ3) is 6.58. The Labute approximate surface area is 152 Å². The molecule has 134 valence electrons. The predicted molar refractivity (Wildman–Crippen MR) is 101 cm³/mol. The molecule has 0 saturated carbocycles. The van der Waals surface area contributed by atoms with E-state index < -0.39 is 5.97 Å². The number of nitrogens with one attached hydrogen (secondary N) is 2. The van der Waals surface area contributed by atoms with Gasteiger partial charge >= 0.3 is 5.97 Å². The largest absolute Gasteiger partial charge is 0.481 e. The Morgan fingerprint density at radius 2 is 2.04 bits per heavy atom. The summed E-state index contributed by atoms with van der Waals surface area (Å²) in [5.74, 6) is 0.336. The maximum Gasteiger partial charge on any atom is 0.303 e. The summed E-state index contributed by atoms with van der Waals surface area (Å²) in [6.07, 6.45) is 4.54. The van der Waals surface area contributed by atoms with Gasteiger partial charge in [-0.1, -0.05) is 31.5 Å². The van der Waals surface area contributed by atoms with E-state index in [4.69, 9.17) is 16.7 Å². The average molecular weight is 363 g/mol. The van der Waals surface area contributed by atoms with Gasteiger partial charge in [0.05, 0.1) is 23.8 Å². The van der Waals surface area contributed by atoms with Gasteiger partial charge in [0.2, 0.25) is 0 Å². The van der Waals surface area contributed by atoms with Crippen molar-refractivity contribution in [3.63, 3.8) is 0 Å². The van der Waals surface area contributed by atoms with Crippen LogP contribution in [0.1, 0.15) is 32.3 Å². The van der Waals surface area contributed by atoms with E-state index in [0.29, 0.717) is 29.7 Å². The van der Waals surface area contributed by atoms with Crippen molar-refractivity contribution >= 4 is 34.8 Å². The Morgan fingerprint density at radius 3 is 2.68 bits per heavy atom. The summed E-state index contributed by atoms with van der Waals surface area (Å²) in [6.45, 7) is 5.13. The van der Waals surface area contributed by atoms with Crippen molar-refractivity contribution < 1.29 is 9.90 Å². The van der Waals surface area contributed by atoms with E-state index >= 15 is 0 Å². The van der Waals surface area contributed by atoms with Crippen LogP contribution < -0.4 is 10.6 Å². The Hall–Kier alpha value is -2.34. The maximum absolute atomic E-state index is 10.7. The number of hydrogen-bond acceptors (Lipinski definition) is 5. The molecule has 0 amide bonds. The summed E-state index contributed by atoms with van der Waals surface area (Å²) in [7, 11) is 0. The summed E-state index contributed by atoms with van der Waals surface area (Å²) in [5, 5.41) is 15.8. The van der Waals surface area contributed by atoms with Crippen LogP contribution in [0.4, 0.5) is 17.2 Å². The molecule has 0 saturated heterocycles. The zero-order valence-corrected chi connectivity index (χ0v) is 15.2. The minimum absolute atomic E-state index is 0.165. The standard InChI is InChI=1S/C18H23ClN4O2/c1-12(2)9-20-14-7-6-13(4-3-5-18(24)25)8-15(14)23-17-11-21-16(19)10-22-17/h6-8,10-12,20H,3-5,9H2,1-2H3,(H,22,23)(H,24,25). The van der Waals surface area contributed by atoms with Crippen LogP contribution in [0.5, 0.6) is 0 Å². The number of aliphatic carboxylic acids is 1. The van der Waals surface area contributed by atoms with Gasteiger partial charge in [-0.3, -0.25) is 4.79 Å². The van der Waals surface area contributed by atoms with Gasteiger partial charge in [-0.05, 0) is 36.5 Å². The van der Waals surface area contributed by atoms with Gasteiger partial charge in [0.15, 0.2) is 0 Å². The normalized spacial score (nSPS) is 10.7. The molecule has 7 heteroatoms. The summed E-state index contributed by atoms with van der Waals surface area (Å²) >= 11 is 5.78. The molecule has 0 bridgehead atoms. The molecule has 0 unspecified atom stereocenters. The Kier molecular flexibility index (Phi) is 7.01. The van der Waals surface area contributed by atoms with Crippen LogP contribution in [-0.4, -0.2) is 27.6 Å². The molecular formula is C18H23ClN4O2. The molecule has 0 spiro atoms. The molecule has 2 aromatic rings. The average Bonchev–Trinajstić information content (AvgIpc) is 2.56. The molecule has 1 heterocycles. The third-order valence-corrected chi connectivity index (χ3v) is 3.72. The van der Waals surface area contributed by atoms with E-state index in [1.54, 1.807) is 6.20 Å². The number of aryl methyl sites for hydroxylation is 1. The summed E-state index contributed by atoms with van der Waals surface area (Å²) in [5.41, 5.74) is 2.92. The second kappa shape index (κ2) is 9.22. The van der Waals surface area contributed by atoms with Gasteiger partial charge in [0.25, 0.3) is 0 Å². The molecule has 0 aliphatic rings. The number of rotatable bonds is 9. The quantitative estimate of drug-likeness (QED) is 0.614. The number of carboxylic acid groups (broad SMARTS) is 1. The van der Waals surface area contributed by atoms with Gasteiger partial charge < -0.3 is 15.7 Å². The first kappa shape index (κ1) is 19.0. The molecule has 6 nitrogen and oxygen atoms in total. The number of carbonyl (C=O) groups is 1. The molecule has 0 radical (unpaired) electrons. The fourth-order valence-electron chi connectivity index (χ4n) is 2.28. The first-order valence-electron chi connectivity index (χ1n) is 8.27. The lowest BCUT2D eigenvalue weighted by Gasteiger charge is -2.16. The fourth-order valence-corrected chi connectivity index (χ4v) is 2.37. The van der Waals surface area contributed by atoms with Crippen LogP contribution in [0.15, 0.2) is 30.6 Å². The fraction of sp³-hybridized carbons (Fsp3) is 0.389. The maximum atomic E-state index is 10.7. The SMILES string of the molecule is CC(C)CNc1ccc(CCCC(=O)O)cc1Nc1cnc(Cl)cn1. The lowest BCUT2D eigenvalue weighted by atomic mass is 10.1. The minimum atomic E-state index is -0.773. The molecular weight excluding hydrogens is 340 g/mol. The van der Waals surface area contributed by atoms with Gasteiger partial charge in [-0.2, -0.15) is 0 Å². The molecule has 0 aliphatic heterocycles. The summed E-state index contributed by atoms with van der Waals surface area (Å²) in [4.78, 5) is 18.9. The van der Waals surface area contributed by atoms with Gasteiger partial charge in [0, 0.05) is 13.0 Å². The van der Waals surface area contributed by atoms with Crippen LogP contribution >= 0.6 is 11.6 Å². The zero-order chi connectivity index (χ0) is 18.2. The number of carboxylic acids is 1. The lowest BCUT2D eigenvalue weighted by molar-refractivity contribution is -0.137. The highest BCUT2D eigenvalue weighted by molar-refractivity contribution is 6.29. The predicted octanol–water partition coefficient (Wildman–Crippen LogP) is 4.35. The highest BCUT2D eigenvalue weighted by atomic mass is 35.5. The van der Waals surface area contributed by atoms with E-state index in [-0.39, 0.29) is 6.42 Å². The summed E-state index contributed by atoms with van der Waals surface area (Å²) in [6, 6.07) is 6.04. The van der Waals surface area contributed by atoms with Crippen molar-refractivity contribution in [2.24, 2.45) is 5.92 Å². The third-order valence-electron chi connectivity index (χ3n) is 3.52. The van der Waals surface area contributed by atoms with E-state index in [1.165, 1.54) is 6.20 Å². The van der Waals surface area contributed by atoms with Crippen molar-refractivity contribution in [1.29, 1.82) is 0 Å². The van der Waals surface area contributed by atoms with Crippen LogP contribution in [0.3, 0.4) is 0 Å². The lowest BCUT2D eigenvalue weighted by Crippen LogP contribution is -2.10. The van der Waals surface area contributed by atoms with Crippen molar-refractivity contribution in [2.75, 3.05) is 17.2 Å². The molecule has 1 aromatic carbocycles. The second-order valence-electron chi connectivity index (χ2n) is 6.25. The van der Waals surface area contributed by atoms with E-state index in [1.807, 2.05) is 18.2 Å². The zero-order valence-electron chi connectivity index (χ0n) is 14.4. The first-order valence-corrected chi connectivity index (χ1v) is 8.65. The van der Waals surface area contributed by atoms with Crippen molar-refractivity contribution in [3.05, 3.63) is 41.3 Å². The number of hydrogen-bond donors (Lipinski definition) is 3. The van der Waals surface area contributed by atoms with Gasteiger partial charge in [-0.15, -0.1) is 0 Å². The van der Waals surface area contributed by atoms with Crippen LogP contribution in [0, 0.1) is 5.92 Å². The van der Waals surface area contributed by atoms with Gasteiger partial charge in [0.1, 0.15) is 11.0 Å². The molecule has 1 aromatic heterocycles. The Balaban J connectivity index is 2.17. The monoisotopic (exact) mass is 362 g/mol.